The molecule has 1 heterocycles. The van der Waals surface area contributed by atoms with Gasteiger partial charge in [-0.25, -0.2) is 0 Å². The molecule has 280 valence electrons. The van der Waals surface area contributed by atoms with Crippen LogP contribution in [0.5, 0.6) is 0 Å². The van der Waals surface area contributed by atoms with Crippen molar-refractivity contribution in [3.63, 3.8) is 0 Å². The first-order valence-electron chi connectivity index (χ1n) is 20.7. The fraction of sp³-hybridized carbons (Fsp3) is 0. The molecule has 0 N–H and O–H groups in total. The van der Waals surface area contributed by atoms with Gasteiger partial charge >= 0.3 is 0 Å². The highest BCUT2D eigenvalue weighted by Gasteiger charge is 2.18. The molecule has 0 saturated heterocycles. The van der Waals surface area contributed by atoms with E-state index in [4.69, 9.17) is 0 Å². The summed E-state index contributed by atoms with van der Waals surface area (Å²) in [4.78, 5) is 2.40. The van der Waals surface area contributed by atoms with Crippen molar-refractivity contribution in [3.05, 3.63) is 231 Å². The molecule has 0 bridgehead atoms. The molecule has 0 fully saturated rings. The van der Waals surface area contributed by atoms with Crippen molar-refractivity contribution in [2.24, 2.45) is 0 Å². The molecule has 12 aromatic rings. The number of hydrogen-bond acceptors (Lipinski definition) is 1. The van der Waals surface area contributed by atoms with E-state index < -0.39 is 0 Å². The number of hydrogen-bond donors (Lipinski definition) is 0. The summed E-state index contributed by atoms with van der Waals surface area (Å²) in [7, 11) is 0. The van der Waals surface area contributed by atoms with Crippen LogP contribution in [0.4, 0.5) is 17.1 Å². The van der Waals surface area contributed by atoms with E-state index in [0.29, 0.717) is 0 Å². The monoisotopic (exact) mass is 762 g/mol. The van der Waals surface area contributed by atoms with Crippen LogP contribution in [-0.4, -0.2) is 4.57 Å². The third-order valence-electron chi connectivity index (χ3n) is 12.3. The zero-order valence-electron chi connectivity index (χ0n) is 32.8. The molecule has 60 heavy (non-hydrogen) atoms. The van der Waals surface area contributed by atoms with E-state index in [9.17, 15) is 0 Å². The highest BCUT2D eigenvalue weighted by atomic mass is 15.1. The smallest absolute Gasteiger partial charge is 0.0541 e. The Morgan fingerprint density at radius 2 is 0.717 bits per heavy atom. The summed E-state index contributed by atoms with van der Waals surface area (Å²) in [5, 5.41) is 12.5. The Bertz CT molecular complexity index is 3550. The molecular formula is C58H38N2. The van der Waals surface area contributed by atoms with Crippen molar-refractivity contribution in [1.29, 1.82) is 0 Å². The van der Waals surface area contributed by atoms with E-state index in [0.717, 1.165) is 17.1 Å². The Kier molecular flexibility index (Phi) is 7.89. The molecular weight excluding hydrogens is 725 g/mol. The topological polar surface area (TPSA) is 8.17 Å². The van der Waals surface area contributed by atoms with Crippen molar-refractivity contribution in [2.45, 2.75) is 0 Å². The number of nitrogens with zero attached hydrogens (tertiary/aromatic N) is 2. The quantitative estimate of drug-likeness (QED) is 0.153. The molecule has 0 radical (unpaired) electrons. The summed E-state index contributed by atoms with van der Waals surface area (Å²) in [6.45, 7) is 0. The minimum atomic E-state index is 1.11. The lowest BCUT2D eigenvalue weighted by atomic mass is 9.94. The lowest BCUT2D eigenvalue weighted by molar-refractivity contribution is 1.18. The van der Waals surface area contributed by atoms with Crippen LogP contribution in [0, 0.1) is 0 Å². The summed E-state index contributed by atoms with van der Waals surface area (Å²) in [5.41, 5.74) is 11.8. The van der Waals surface area contributed by atoms with Crippen LogP contribution in [0.1, 0.15) is 0 Å². The van der Waals surface area contributed by atoms with Crippen LogP contribution < -0.4 is 4.90 Å². The number of anilines is 3. The van der Waals surface area contributed by atoms with Gasteiger partial charge in [0.25, 0.3) is 0 Å². The van der Waals surface area contributed by atoms with E-state index in [1.54, 1.807) is 0 Å². The second-order valence-electron chi connectivity index (χ2n) is 15.7. The zero-order chi connectivity index (χ0) is 39.6. The van der Waals surface area contributed by atoms with Crippen molar-refractivity contribution in [1.82, 2.24) is 4.57 Å². The van der Waals surface area contributed by atoms with E-state index in [1.165, 1.54) is 92.8 Å². The van der Waals surface area contributed by atoms with Gasteiger partial charge in [-0.05, 0) is 138 Å². The molecule has 0 unspecified atom stereocenters. The van der Waals surface area contributed by atoms with Gasteiger partial charge in [0.05, 0.1) is 11.0 Å². The number of aromatic nitrogens is 1. The molecule has 12 rings (SSSR count). The first-order chi connectivity index (χ1) is 29.7. The zero-order valence-corrected chi connectivity index (χ0v) is 32.8. The standard InChI is InChI=1S/C58H38N2/c1-3-13-39(14-4-1)40-25-29-46(30-26-40)59(48-32-33-53-51-19-8-7-17-49(51)50-18-9-10-20-52(50)55(53)38-48)47-31-27-42-35-41(23-24-43(42)36-47)44-28-34-58-56(37-44)54-21-11-12-22-57(54)60(58)45-15-5-2-6-16-45/h1-38H. The van der Waals surface area contributed by atoms with E-state index >= 15 is 0 Å². The van der Waals surface area contributed by atoms with Gasteiger partial charge in [-0.1, -0.05) is 158 Å². The summed E-state index contributed by atoms with van der Waals surface area (Å²) in [6, 6.07) is 84.3. The molecule has 0 saturated carbocycles. The molecule has 0 atom stereocenters. The minimum Gasteiger partial charge on any atom is -0.310 e. The Labute approximate surface area is 348 Å². The fourth-order valence-electron chi connectivity index (χ4n) is 9.47. The summed E-state index contributed by atoms with van der Waals surface area (Å²) in [5.74, 6) is 0. The maximum atomic E-state index is 2.40. The van der Waals surface area contributed by atoms with Crippen molar-refractivity contribution < 1.29 is 0 Å². The van der Waals surface area contributed by atoms with Gasteiger partial charge in [0.15, 0.2) is 0 Å². The number of fused-ring (bicyclic) bond motifs is 10. The number of rotatable bonds is 6. The summed E-state index contributed by atoms with van der Waals surface area (Å²) >= 11 is 0. The van der Waals surface area contributed by atoms with Crippen molar-refractivity contribution in [3.8, 4) is 27.9 Å². The van der Waals surface area contributed by atoms with Crippen LogP contribution in [0.3, 0.4) is 0 Å². The summed E-state index contributed by atoms with van der Waals surface area (Å²) in [6.07, 6.45) is 0. The van der Waals surface area contributed by atoms with E-state index in [2.05, 4.69) is 240 Å². The lowest BCUT2D eigenvalue weighted by Crippen LogP contribution is -2.10. The van der Waals surface area contributed by atoms with Crippen LogP contribution in [0.15, 0.2) is 231 Å². The maximum Gasteiger partial charge on any atom is 0.0541 e. The van der Waals surface area contributed by atoms with Gasteiger partial charge in [-0.3, -0.25) is 0 Å². The normalized spacial score (nSPS) is 11.7. The third kappa shape index (κ3) is 5.57. The fourth-order valence-corrected chi connectivity index (χ4v) is 9.47. The largest absolute Gasteiger partial charge is 0.310 e. The van der Waals surface area contributed by atoms with Gasteiger partial charge in [-0.2, -0.15) is 0 Å². The molecule has 1 aromatic heterocycles. The Hall–Kier alpha value is -7.94. The van der Waals surface area contributed by atoms with Gasteiger partial charge in [-0.15, -0.1) is 0 Å². The van der Waals surface area contributed by atoms with Crippen molar-refractivity contribution in [2.75, 3.05) is 4.90 Å². The van der Waals surface area contributed by atoms with Crippen molar-refractivity contribution >= 4 is 82.0 Å². The average Bonchev–Trinajstić information content (AvgIpc) is 3.66. The second kappa shape index (κ2) is 13.9. The summed E-state index contributed by atoms with van der Waals surface area (Å²) < 4.78 is 2.37. The highest BCUT2D eigenvalue weighted by molar-refractivity contribution is 6.26. The molecule has 11 aromatic carbocycles. The van der Waals surface area contributed by atoms with Crippen LogP contribution >= 0.6 is 0 Å². The lowest BCUT2D eigenvalue weighted by Gasteiger charge is -2.27. The molecule has 0 aliphatic carbocycles. The van der Waals surface area contributed by atoms with Crippen LogP contribution in [0.2, 0.25) is 0 Å². The van der Waals surface area contributed by atoms with Crippen LogP contribution in [0.25, 0.3) is 92.8 Å². The Morgan fingerprint density at radius 3 is 1.45 bits per heavy atom. The SMILES string of the molecule is c1ccc(-c2ccc(N(c3ccc4cc(-c5ccc6c(c5)c5ccccc5n6-c5ccccc5)ccc4c3)c3ccc4c5ccccc5c5ccccc5c4c3)cc2)cc1. The Morgan fingerprint density at radius 1 is 0.250 bits per heavy atom. The predicted molar refractivity (Wildman–Crippen MR) is 256 cm³/mol. The van der Waals surface area contributed by atoms with Crippen LogP contribution in [-0.2, 0) is 0 Å². The molecule has 0 aliphatic heterocycles. The molecule has 0 amide bonds. The third-order valence-corrected chi connectivity index (χ3v) is 12.3. The van der Waals surface area contributed by atoms with Gasteiger partial charge < -0.3 is 9.47 Å². The predicted octanol–water partition coefficient (Wildman–Crippen LogP) is 16.2. The first kappa shape index (κ1) is 34.1. The van der Waals surface area contributed by atoms with Gasteiger partial charge in [0, 0.05) is 33.5 Å². The van der Waals surface area contributed by atoms with Gasteiger partial charge in [0.2, 0.25) is 0 Å². The highest BCUT2D eigenvalue weighted by Crippen LogP contribution is 2.42. The van der Waals surface area contributed by atoms with E-state index in [1.807, 2.05) is 0 Å². The Balaban J connectivity index is 0.985. The molecule has 2 heteroatoms. The number of benzene rings is 11. The van der Waals surface area contributed by atoms with Gasteiger partial charge in [0.1, 0.15) is 0 Å². The number of para-hydroxylation sites is 2. The minimum absolute atomic E-state index is 1.11. The maximum absolute atomic E-state index is 2.40. The average molecular weight is 763 g/mol. The molecule has 2 nitrogen and oxygen atoms in total. The van der Waals surface area contributed by atoms with E-state index in [-0.39, 0.29) is 0 Å². The molecule has 0 spiro atoms. The first-order valence-corrected chi connectivity index (χ1v) is 20.7. The molecule has 0 aliphatic rings. The second-order valence-corrected chi connectivity index (χ2v) is 15.7.